The highest BCUT2D eigenvalue weighted by Gasteiger charge is 2.42. The Bertz CT molecular complexity index is 511. The van der Waals surface area contributed by atoms with Gasteiger partial charge in [-0.3, -0.25) is 4.79 Å². The van der Waals surface area contributed by atoms with Crippen molar-refractivity contribution in [2.75, 3.05) is 46.9 Å². The summed E-state index contributed by atoms with van der Waals surface area (Å²) >= 11 is 0. The summed E-state index contributed by atoms with van der Waals surface area (Å²) in [6, 6.07) is 0.471. The van der Waals surface area contributed by atoms with Crippen LogP contribution in [0.4, 0.5) is 0 Å². The Labute approximate surface area is 157 Å². The molecule has 0 radical (unpaired) electrons. The first-order chi connectivity index (χ1) is 12.5. The molecule has 1 amide bonds. The maximum atomic E-state index is 12.0. The average Bonchev–Trinajstić information content (AvgIpc) is 3.30. The smallest absolute Gasteiger partial charge is 0.243 e. The number of ether oxygens (including phenoxy) is 2. The van der Waals surface area contributed by atoms with E-state index in [2.05, 4.69) is 22.1 Å². The fourth-order valence-electron chi connectivity index (χ4n) is 4.14. The van der Waals surface area contributed by atoms with Gasteiger partial charge in [-0.2, -0.15) is 0 Å². The molecule has 26 heavy (non-hydrogen) atoms. The molecule has 2 aliphatic heterocycles. The van der Waals surface area contributed by atoms with Gasteiger partial charge in [0.05, 0.1) is 13.2 Å². The average molecular weight is 367 g/mol. The van der Waals surface area contributed by atoms with Crippen LogP contribution in [0.3, 0.4) is 0 Å². The molecule has 3 rings (SSSR count). The number of nitrogens with one attached hydrogen (secondary N) is 1. The summed E-state index contributed by atoms with van der Waals surface area (Å²) in [5, 5.41) is 3.63. The van der Waals surface area contributed by atoms with Gasteiger partial charge in [0.1, 0.15) is 6.54 Å². The normalized spacial score (nSPS) is 27.0. The van der Waals surface area contributed by atoms with Crippen molar-refractivity contribution in [3.63, 3.8) is 0 Å². The number of aliphatic imine (C=N–C) groups is 1. The van der Waals surface area contributed by atoms with Gasteiger partial charge >= 0.3 is 0 Å². The van der Waals surface area contributed by atoms with E-state index in [1.807, 2.05) is 0 Å². The van der Waals surface area contributed by atoms with E-state index >= 15 is 0 Å². The number of carbonyl (C=O) groups is 1. The number of piperidine rings is 1. The summed E-state index contributed by atoms with van der Waals surface area (Å²) in [4.78, 5) is 20.6. The molecule has 2 saturated heterocycles. The minimum atomic E-state index is -0.489. The van der Waals surface area contributed by atoms with Gasteiger partial charge in [-0.25, -0.2) is 4.99 Å². The number of likely N-dealkylation sites (N-methyl/N-ethyl adjacent to an activating group) is 1. The molecule has 7 heteroatoms. The molecule has 2 heterocycles. The summed E-state index contributed by atoms with van der Waals surface area (Å²) in [5.41, 5.74) is 0. The van der Waals surface area contributed by atoms with Crippen molar-refractivity contribution in [3.05, 3.63) is 0 Å². The first-order valence-corrected chi connectivity index (χ1v) is 10.0. The Morgan fingerprint density at radius 3 is 2.54 bits per heavy atom. The zero-order valence-corrected chi connectivity index (χ0v) is 16.5. The van der Waals surface area contributed by atoms with Crippen molar-refractivity contribution in [1.82, 2.24) is 15.1 Å². The van der Waals surface area contributed by atoms with Crippen LogP contribution >= 0.6 is 0 Å². The molecule has 0 aromatic rings. The van der Waals surface area contributed by atoms with Crippen LogP contribution < -0.4 is 5.32 Å². The number of likely N-dealkylation sites (tertiary alicyclic amines) is 1. The largest absolute Gasteiger partial charge is 0.353 e. The highest BCUT2D eigenvalue weighted by molar-refractivity contribution is 5.85. The Morgan fingerprint density at radius 1 is 1.19 bits per heavy atom. The number of nitrogens with zero attached hydrogens (tertiary/aromatic N) is 3. The zero-order valence-electron chi connectivity index (χ0n) is 16.5. The Balaban J connectivity index is 1.69. The monoisotopic (exact) mass is 366 g/mol. The van der Waals surface area contributed by atoms with Crippen LogP contribution in [0.1, 0.15) is 45.4 Å². The van der Waals surface area contributed by atoms with Gasteiger partial charge in [-0.05, 0) is 32.6 Å². The molecular formula is C19H34N4O3. The molecule has 148 valence electrons. The standard InChI is InChI=1S/C19H34N4O3/c1-19(25-11-12-26-19)15-7-6-10-23(14-15)18(20-13-17(24)22(2)3)21-16-8-4-5-9-16/h15-16H,4-14H2,1-3H3,(H,20,21). The third-order valence-electron chi connectivity index (χ3n) is 5.87. The van der Waals surface area contributed by atoms with E-state index in [4.69, 9.17) is 9.47 Å². The topological polar surface area (TPSA) is 66.4 Å². The molecule has 3 fully saturated rings. The highest BCUT2D eigenvalue weighted by Crippen LogP contribution is 2.34. The summed E-state index contributed by atoms with van der Waals surface area (Å²) < 4.78 is 11.8. The van der Waals surface area contributed by atoms with E-state index in [-0.39, 0.29) is 12.5 Å². The van der Waals surface area contributed by atoms with Crippen LogP contribution in [0, 0.1) is 5.92 Å². The third kappa shape index (κ3) is 4.68. The predicted molar refractivity (Wildman–Crippen MR) is 101 cm³/mol. The van der Waals surface area contributed by atoms with Gasteiger partial charge in [-0.15, -0.1) is 0 Å². The van der Waals surface area contributed by atoms with Crippen molar-refractivity contribution in [1.29, 1.82) is 0 Å². The van der Waals surface area contributed by atoms with Crippen LogP contribution in [0.5, 0.6) is 0 Å². The molecule has 0 spiro atoms. The van der Waals surface area contributed by atoms with Crippen molar-refractivity contribution >= 4 is 11.9 Å². The summed E-state index contributed by atoms with van der Waals surface area (Å²) in [7, 11) is 3.54. The molecule has 1 saturated carbocycles. The lowest BCUT2D eigenvalue weighted by Gasteiger charge is -2.41. The predicted octanol–water partition coefficient (Wildman–Crippen LogP) is 1.44. The first kappa shape index (κ1) is 19.4. The van der Waals surface area contributed by atoms with Gasteiger partial charge in [0.25, 0.3) is 0 Å². The van der Waals surface area contributed by atoms with Crippen LogP contribution in [-0.4, -0.2) is 80.4 Å². The second-order valence-corrected chi connectivity index (χ2v) is 8.05. The van der Waals surface area contributed by atoms with Gasteiger partial charge < -0.3 is 24.6 Å². The number of amides is 1. The van der Waals surface area contributed by atoms with Crippen molar-refractivity contribution in [2.24, 2.45) is 10.9 Å². The summed E-state index contributed by atoms with van der Waals surface area (Å²) in [6.45, 7) is 5.40. The SMILES string of the molecule is CN(C)C(=O)CN=C(NC1CCCC1)N1CCCC(C2(C)OCCO2)C1. The third-order valence-corrected chi connectivity index (χ3v) is 5.87. The minimum absolute atomic E-state index is 0.0266. The number of rotatable bonds is 4. The van der Waals surface area contributed by atoms with Crippen LogP contribution in [0.25, 0.3) is 0 Å². The number of carbonyl (C=O) groups excluding carboxylic acids is 1. The molecule has 1 atom stereocenters. The molecule has 0 aromatic carbocycles. The molecule has 0 aromatic heterocycles. The van der Waals surface area contributed by atoms with Gasteiger partial charge in [0.15, 0.2) is 11.7 Å². The van der Waals surface area contributed by atoms with E-state index in [1.165, 1.54) is 25.7 Å². The lowest BCUT2D eigenvalue weighted by Crippen LogP contribution is -2.53. The van der Waals surface area contributed by atoms with Crippen LogP contribution in [0.2, 0.25) is 0 Å². The molecule has 1 aliphatic carbocycles. The Hall–Kier alpha value is -1.34. The van der Waals surface area contributed by atoms with Crippen LogP contribution in [0.15, 0.2) is 4.99 Å². The summed E-state index contributed by atoms with van der Waals surface area (Å²) in [5.74, 6) is 0.729. The van der Waals surface area contributed by atoms with Gasteiger partial charge in [0.2, 0.25) is 5.91 Å². The second-order valence-electron chi connectivity index (χ2n) is 8.05. The van der Waals surface area contributed by atoms with E-state index in [9.17, 15) is 4.79 Å². The molecule has 3 aliphatic rings. The van der Waals surface area contributed by atoms with E-state index in [0.29, 0.717) is 25.2 Å². The fourth-order valence-corrected chi connectivity index (χ4v) is 4.14. The minimum Gasteiger partial charge on any atom is -0.353 e. The second kappa shape index (κ2) is 8.57. The lowest BCUT2D eigenvalue weighted by molar-refractivity contribution is -0.189. The quantitative estimate of drug-likeness (QED) is 0.602. The van der Waals surface area contributed by atoms with E-state index < -0.39 is 5.79 Å². The van der Waals surface area contributed by atoms with E-state index in [0.717, 1.165) is 31.9 Å². The Morgan fingerprint density at radius 2 is 1.88 bits per heavy atom. The molecule has 1 unspecified atom stereocenters. The van der Waals surface area contributed by atoms with Crippen molar-refractivity contribution in [2.45, 2.75) is 57.3 Å². The zero-order chi connectivity index (χ0) is 18.6. The van der Waals surface area contributed by atoms with Crippen molar-refractivity contribution in [3.8, 4) is 0 Å². The molecule has 7 nitrogen and oxygen atoms in total. The number of hydrogen-bond donors (Lipinski definition) is 1. The van der Waals surface area contributed by atoms with Gasteiger partial charge in [-0.1, -0.05) is 12.8 Å². The lowest BCUT2D eigenvalue weighted by atomic mass is 9.90. The van der Waals surface area contributed by atoms with E-state index in [1.54, 1.807) is 19.0 Å². The fraction of sp³-hybridized carbons (Fsp3) is 0.895. The number of guanidine groups is 1. The number of hydrogen-bond acceptors (Lipinski definition) is 4. The molecule has 0 bridgehead atoms. The van der Waals surface area contributed by atoms with Crippen LogP contribution in [-0.2, 0) is 14.3 Å². The maximum absolute atomic E-state index is 12.0. The van der Waals surface area contributed by atoms with Gasteiger partial charge in [0, 0.05) is 39.1 Å². The summed E-state index contributed by atoms with van der Waals surface area (Å²) in [6.07, 6.45) is 7.08. The molecular weight excluding hydrogens is 332 g/mol. The Kier molecular flexibility index (Phi) is 6.40. The maximum Gasteiger partial charge on any atom is 0.243 e. The molecule has 1 N–H and O–H groups in total. The highest BCUT2D eigenvalue weighted by atomic mass is 16.7. The first-order valence-electron chi connectivity index (χ1n) is 10.0. The van der Waals surface area contributed by atoms with Crippen molar-refractivity contribution < 1.29 is 14.3 Å².